The minimum absolute atomic E-state index is 0.0153. The van der Waals surface area contributed by atoms with E-state index in [-0.39, 0.29) is 30.6 Å². The molecule has 1 aliphatic rings. The van der Waals surface area contributed by atoms with Crippen molar-refractivity contribution >= 4 is 34.6 Å². The van der Waals surface area contributed by atoms with E-state index in [0.717, 1.165) is 18.9 Å². The van der Waals surface area contributed by atoms with Crippen LogP contribution in [-0.4, -0.2) is 35.7 Å². The first-order valence-corrected chi connectivity index (χ1v) is 10.9. The maximum Gasteiger partial charge on any atom is 0.416 e. The molecule has 0 saturated carbocycles. The van der Waals surface area contributed by atoms with E-state index in [2.05, 4.69) is 10.2 Å². The van der Waals surface area contributed by atoms with E-state index in [9.17, 15) is 22.8 Å². The summed E-state index contributed by atoms with van der Waals surface area (Å²) in [4.78, 5) is 26.8. The Morgan fingerprint density at radius 3 is 2.50 bits per heavy atom. The number of Topliss-reactive ketones (excluding diaryl/α,β-unsaturated/α-hetero) is 1. The molecule has 9 heteroatoms. The molecular weight excluding hydrogens is 437 g/mol. The third-order valence-electron chi connectivity index (χ3n) is 5.04. The molecular formula is C21H22ClF3N2O2S. The van der Waals surface area contributed by atoms with Crippen LogP contribution in [0.1, 0.15) is 46.5 Å². The minimum Gasteiger partial charge on any atom is -0.353 e. The second-order valence-electron chi connectivity index (χ2n) is 7.34. The highest BCUT2D eigenvalue weighted by Crippen LogP contribution is 2.30. The van der Waals surface area contributed by atoms with Crippen LogP contribution in [0, 0.1) is 0 Å². The molecule has 1 N–H and O–H groups in total. The number of alkyl halides is 3. The van der Waals surface area contributed by atoms with Crippen molar-refractivity contribution in [3.8, 4) is 0 Å². The van der Waals surface area contributed by atoms with Gasteiger partial charge < -0.3 is 5.32 Å². The average molecular weight is 459 g/mol. The molecule has 1 aromatic heterocycles. The standard InChI is InChI=1S/C21H22ClF3N2O2S/c22-19-6-5-18(30-19)17(28)4-7-20(29)26-16-8-10-27(11-9-16)13-14-2-1-3-15(12-14)21(23,24)25/h1-3,5-6,12,16H,4,7-11,13H2,(H,26,29). The molecule has 30 heavy (non-hydrogen) atoms. The summed E-state index contributed by atoms with van der Waals surface area (Å²) in [6.07, 6.45) is -2.64. The Morgan fingerprint density at radius 1 is 1.13 bits per heavy atom. The highest BCUT2D eigenvalue weighted by molar-refractivity contribution is 7.18. The summed E-state index contributed by atoms with van der Waals surface area (Å²) in [5, 5.41) is 2.96. The maximum atomic E-state index is 12.8. The third kappa shape index (κ3) is 6.55. The van der Waals surface area contributed by atoms with Gasteiger partial charge in [0.25, 0.3) is 0 Å². The van der Waals surface area contributed by atoms with E-state index in [4.69, 9.17) is 11.6 Å². The Kier molecular flexibility index (Phi) is 7.55. The predicted octanol–water partition coefficient (Wildman–Crippen LogP) is 5.16. The number of halogens is 4. The third-order valence-corrected chi connectivity index (χ3v) is 6.31. The Hall–Kier alpha value is -1.90. The van der Waals surface area contributed by atoms with E-state index in [0.29, 0.717) is 34.4 Å². The Labute approximate surface area is 182 Å². The number of hydrogen-bond donors (Lipinski definition) is 1. The first-order chi connectivity index (χ1) is 14.2. The summed E-state index contributed by atoms with van der Waals surface area (Å²) in [7, 11) is 0. The number of nitrogens with zero attached hydrogens (tertiary/aromatic N) is 1. The quantitative estimate of drug-likeness (QED) is 0.583. The number of benzene rings is 1. The normalized spacial score (nSPS) is 15.9. The number of likely N-dealkylation sites (tertiary alicyclic amines) is 1. The minimum atomic E-state index is -4.34. The maximum absolute atomic E-state index is 12.8. The summed E-state index contributed by atoms with van der Waals surface area (Å²) in [5.74, 6) is -0.264. The van der Waals surface area contributed by atoms with Gasteiger partial charge in [0, 0.05) is 38.5 Å². The van der Waals surface area contributed by atoms with Crippen molar-refractivity contribution < 1.29 is 22.8 Å². The first kappa shape index (κ1) is 22.8. The monoisotopic (exact) mass is 458 g/mol. The topological polar surface area (TPSA) is 49.4 Å². The van der Waals surface area contributed by atoms with E-state index >= 15 is 0 Å². The molecule has 1 amide bonds. The molecule has 0 spiro atoms. The Balaban J connectivity index is 1.40. The van der Waals surface area contributed by atoms with Crippen LogP contribution in [0.25, 0.3) is 0 Å². The molecule has 3 rings (SSSR count). The zero-order chi connectivity index (χ0) is 21.7. The molecule has 2 heterocycles. The average Bonchev–Trinajstić information content (AvgIpc) is 3.14. The molecule has 4 nitrogen and oxygen atoms in total. The zero-order valence-electron chi connectivity index (χ0n) is 16.2. The molecule has 0 bridgehead atoms. The lowest BCUT2D eigenvalue weighted by Gasteiger charge is -2.32. The van der Waals surface area contributed by atoms with Crippen molar-refractivity contribution in [3.63, 3.8) is 0 Å². The lowest BCUT2D eigenvalue weighted by molar-refractivity contribution is -0.137. The van der Waals surface area contributed by atoms with Gasteiger partial charge >= 0.3 is 6.18 Å². The summed E-state index contributed by atoms with van der Waals surface area (Å²) >= 11 is 7.02. The summed E-state index contributed by atoms with van der Waals surface area (Å²) in [5.41, 5.74) is -0.0129. The molecule has 0 aliphatic carbocycles. The lowest BCUT2D eigenvalue weighted by atomic mass is 10.0. The van der Waals surface area contributed by atoms with Crippen molar-refractivity contribution in [1.82, 2.24) is 10.2 Å². The number of amides is 1. The molecule has 1 aromatic carbocycles. The van der Waals surface area contributed by atoms with Crippen LogP contribution < -0.4 is 5.32 Å². The van der Waals surface area contributed by atoms with Crippen molar-refractivity contribution in [3.05, 3.63) is 56.7 Å². The second kappa shape index (κ2) is 9.94. The summed E-state index contributed by atoms with van der Waals surface area (Å²) in [6, 6.07) is 8.72. The Bertz CT molecular complexity index is 892. The Morgan fingerprint density at radius 2 is 1.87 bits per heavy atom. The van der Waals surface area contributed by atoms with Gasteiger partial charge in [-0.15, -0.1) is 11.3 Å². The molecule has 1 fully saturated rings. The number of nitrogens with one attached hydrogen (secondary N) is 1. The second-order valence-corrected chi connectivity index (χ2v) is 9.06. The highest BCUT2D eigenvalue weighted by Gasteiger charge is 2.30. The summed E-state index contributed by atoms with van der Waals surface area (Å²) in [6.45, 7) is 1.82. The van der Waals surface area contributed by atoms with Gasteiger partial charge in [-0.3, -0.25) is 14.5 Å². The molecule has 0 atom stereocenters. The number of rotatable bonds is 7. The van der Waals surface area contributed by atoms with E-state index in [1.165, 1.54) is 23.5 Å². The van der Waals surface area contributed by atoms with Gasteiger partial charge in [0.15, 0.2) is 5.78 Å². The summed E-state index contributed by atoms with van der Waals surface area (Å²) < 4.78 is 39.1. The van der Waals surface area contributed by atoms with Gasteiger partial charge in [-0.2, -0.15) is 13.2 Å². The van der Waals surface area contributed by atoms with E-state index in [1.54, 1.807) is 18.2 Å². The van der Waals surface area contributed by atoms with Crippen molar-refractivity contribution in [1.29, 1.82) is 0 Å². The van der Waals surface area contributed by atoms with Crippen LogP contribution in [-0.2, 0) is 17.5 Å². The van der Waals surface area contributed by atoms with Crippen molar-refractivity contribution in [2.45, 2.75) is 44.4 Å². The SMILES string of the molecule is O=C(CCC(=O)c1ccc(Cl)s1)NC1CCN(Cc2cccc(C(F)(F)F)c2)CC1. The van der Waals surface area contributed by atoms with E-state index < -0.39 is 11.7 Å². The van der Waals surface area contributed by atoms with Crippen molar-refractivity contribution in [2.24, 2.45) is 0 Å². The largest absolute Gasteiger partial charge is 0.416 e. The van der Waals surface area contributed by atoms with Gasteiger partial charge in [-0.05, 0) is 36.6 Å². The fourth-order valence-electron chi connectivity index (χ4n) is 3.45. The fourth-order valence-corrected chi connectivity index (χ4v) is 4.46. The van der Waals surface area contributed by atoms with Gasteiger partial charge in [0.1, 0.15) is 0 Å². The van der Waals surface area contributed by atoms with Crippen LogP contribution >= 0.6 is 22.9 Å². The smallest absolute Gasteiger partial charge is 0.353 e. The van der Waals surface area contributed by atoms with Crippen LogP contribution in [0.2, 0.25) is 4.34 Å². The molecule has 1 saturated heterocycles. The molecule has 2 aromatic rings. The van der Waals surface area contributed by atoms with Crippen LogP contribution in [0.5, 0.6) is 0 Å². The van der Waals surface area contributed by atoms with Gasteiger partial charge in [0.2, 0.25) is 5.91 Å². The molecule has 0 radical (unpaired) electrons. The van der Waals surface area contributed by atoms with Crippen LogP contribution in [0.15, 0.2) is 36.4 Å². The van der Waals surface area contributed by atoms with E-state index in [1.807, 2.05) is 0 Å². The van der Waals surface area contributed by atoms with Gasteiger partial charge in [-0.1, -0.05) is 29.8 Å². The number of thiophene rings is 1. The molecule has 0 unspecified atom stereocenters. The first-order valence-electron chi connectivity index (χ1n) is 9.67. The lowest BCUT2D eigenvalue weighted by Crippen LogP contribution is -2.44. The van der Waals surface area contributed by atoms with Crippen LogP contribution in [0.4, 0.5) is 13.2 Å². The van der Waals surface area contributed by atoms with Gasteiger partial charge in [0.05, 0.1) is 14.8 Å². The number of ketones is 1. The predicted molar refractivity (Wildman–Crippen MR) is 111 cm³/mol. The number of hydrogen-bond acceptors (Lipinski definition) is 4. The fraction of sp³-hybridized carbons (Fsp3) is 0.429. The highest BCUT2D eigenvalue weighted by atomic mass is 35.5. The van der Waals surface area contributed by atoms with Crippen LogP contribution in [0.3, 0.4) is 0 Å². The number of carbonyl (C=O) groups is 2. The zero-order valence-corrected chi connectivity index (χ0v) is 17.7. The molecule has 1 aliphatic heterocycles. The molecule has 162 valence electrons. The number of piperidine rings is 1. The van der Waals surface area contributed by atoms with Crippen molar-refractivity contribution in [2.75, 3.05) is 13.1 Å². The van der Waals surface area contributed by atoms with Gasteiger partial charge in [-0.25, -0.2) is 0 Å². The number of carbonyl (C=O) groups excluding carboxylic acids is 2.